The molecule has 14 heteroatoms. The Labute approximate surface area is 249 Å². The summed E-state index contributed by atoms with van der Waals surface area (Å²) in [4.78, 5) is 67.6. The molecule has 42 heavy (non-hydrogen) atoms. The highest BCUT2D eigenvalue weighted by molar-refractivity contribution is 8.14. The Morgan fingerprint density at radius 3 is 2.19 bits per heavy atom. The second-order valence-corrected chi connectivity index (χ2v) is 12.4. The summed E-state index contributed by atoms with van der Waals surface area (Å²) in [6.45, 7) is 9.56. The van der Waals surface area contributed by atoms with E-state index in [1.807, 2.05) is 0 Å². The summed E-state index contributed by atoms with van der Waals surface area (Å²) >= 11 is 0. The first-order valence-electron chi connectivity index (χ1n) is 12.8. The summed E-state index contributed by atoms with van der Waals surface area (Å²) < 4.78 is 18.3. The Morgan fingerprint density at radius 2 is 1.69 bits per heavy atom. The molecule has 2 saturated heterocycles. The minimum atomic E-state index is -2.26. The molecule has 2 heterocycles. The molecule has 0 saturated carbocycles. The van der Waals surface area contributed by atoms with E-state index in [0.717, 1.165) is 4.90 Å². The zero-order chi connectivity index (χ0) is 31.1. The lowest BCUT2D eigenvalue weighted by atomic mass is 9.96. The van der Waals surface area contributed by atoms with Crippen LogP contribution in [-0.2, 0) is 40.9 Å². The van der Waals surface area contributed by atoms with Crippen LogP contribution in [0, 0.1) is 10.1 Å². The van der Waals surface area contributed by atoms with Gasteiger partial charge in [0.15, 0.2) is 22.8 Å². The van der Waals surface area contributed by atoms with E-state index in [1.165, 1.54) is 47.9 Å². The number of likely N-dealkylation sites (tertiary alicyclic amines) is 1. The van der Waals surface area contributed by atoms with Gasteiger partial charge in [0, 0.05) is 19.1 Å². The van der Waals surface area contributed by atoms with Gasteiger partial charge in [0.2, 0.25) is 11.3 Å². The van der Waals surface area contributed by atoms with Crippen molar-refractivity contribution in [2.45, 2.75) is 63.5 Å². The third kappa shape index (κ3) is 5.35. The second-order valence-electron chi connectivity index (χ2n) is 10.5. The molecule has 0 aromatic heterocycles. The van der Waals surface area contributed by atoms with Gasteiger partial charge >= 0.3 is 5.97 Å². The molecule has 0 spiro atoms. The summed E-state index contributed by atoms with van der Waals surface area (Å²) in [5, 5.41) is 9.57. The van der Waals surface area contributed by atoms with Crippen molar-refractivity contribution in [3.05, 3.63) is 88.0 Å². The van der Waals surface area contributed by atoms with Crippen molar-refractivity contribution in [3.8, 4) is 0 Å². The van der Waals surface area contributed by atoms with Crippen LogP contribution in [0.2, 0.25) is 0 Å². The number of amides is 3. The number of carbonyl (C=O) groups excluding carboxylic acids is 4. The van der Waals surface area contributed by atoms with Gasteiger partial charge in [0.1, 0.15) is 18.3 Å². The van der Waals surface area contributed by atoms with E-state index in [2.05, 4.69) is 6.58 Å². The molecule has 12 nitrogen and oxygen atoms in total. The van der Waals surface area contributed by atoms with Crippen molar-refractivity contribution in [1.82, 2.24) is 14.7 Å². The molecule has 2 fully saturated rings. The molecule has 2 aromatic carbocycles. The SMILES string of the molecule is C=C(C)C(C(=O)OCc1ccc([N+](=O)[O-])cc1)N1C(=O)C(N2C(=O)C(c3ccccc3)N(C(C)=O)C2(C)C)C1[S+]([O-])Cl. The highest BCUT2D eigenvalue weighted by atomic mass is 35.7. The molecule has 2 aliphatic rings. The molecular weight excluding hydrogens is 588 g/mol. The predicted molar refractivity (Wildman–Crippen MR) is 153 cm³/mol. The standard InChI is InChI=1S/C28H29ClN4O8S/c1-16(2)21(27(37)41-15-18-11-13-20(14-12-18)33(38)39)30-24(35)23(26(30)42(29)40)32-25(36)22(19-9-7-6-8-10-19)31(17(3)34)28(32,4)5/h6-14,21-23,26H,1,15H2,2-5H3. The fraction of sp³-hybridized carbons (Fsp3) is 0.357. The highest BCUT2D eigenvalue weighted by Crippen LogP contribution is 2.46. The number of rotatable bonds is 9. The van der Waals surface area contributed by atoms with Gasteiger partial charge in [0.25, 0.3) is 17.5 Å². The van der Waals surface area contributed by atoms with E-state index in [1.54, 1.807) is 44.2 Å². The van der Waals surface area contributed by atoms with Crippen molar-refractivity contribution in [2.75, 3.05) is 0 Å². The van der Waals surface area contributed by atoms with Crippen LogP contribution in [0.4, 0.5) is 5.69 Å². The summed E-state index contributed by atoms with van der Waals surface area (Å²) in [6, 6.07) is 10.2. The summed E-state index contributed by atoms with van der Waals surface area (Å²) in [5.41, 5.74) is -0.260. The van der Waals surface area contributed by atoms with Gasteiger partial charge in [-0.1, -0.05) is 36.9 Å². The van der Waals surface area contributed by atoms with E-state index < -0.39 is 68.2 Å². The first kappa shape index (κ1) is 31.0. The molecule has 5 unspecified atom stereocenters. The molecule has 0 N–H and O–H groups in total. The van der Waals surface area contributed by atoms with E-state index >= 15 is 0 Å². The lowest BCUT2D eigenvalue weighted by Gasteiger charge is -2.52. The molecule has 0 bridgehead atoms. The monoisotopic (exact) mass is 616 g/mol. The number of hydrogen-bond acceptors (Lipinski definition) is 8. The van der Waals surface area contributed by atoms with Crippen molar-refractivity contribution < 1.29 is 33.4 Å². The van der Waals surface area contributed by atoms with Gasteiger partial charge in [-0.05, 0) is 49.6 Å². The topological polar surface area (TPSA) is 153 Å². The largest absolute Gasteiger partial charge is 0.597 e. The lowest BCUT2D eigenvalue weighted by molar-refractivity contribution is -0.384. The van der Waals surface area contributed by atoms with Crippen molar-refractivity contribution in [3.63, 3.8) is 0 Å². The van der Waals surface area contributed by atoms with Gasteiger partial charge in [-0.15, -0.1) is 0 Å². The molecular formula is C28H29ClN4O8S. The maximum absolute atomic E-state index is 13.9. The van der Waals surface area contributed by atoms with Crippen LogP contribution in [0.3, 0.4) is 0 Å². The lowest BCUT2D eigenvalue weighted by Crippen LogP contribution is -2.78. The summed E-state index contributed by atoms with van der Waals surface area (Å²) in [6.07, 6.45) is 0. The van der Waals surface area contributed by atoms with Gasteiger partial charge in [-0.3, -0.25) is 34.3 Å². The Bertz CT molecular complexity index is 1440. The smallest absolute Gasteiger partial charge is 0.333 e. The predicted octanol–water partition coefficient (Wildman–Crippen LogP) is 3.19. The Morgan fingerprint density at radius 1 is 1.10 bits per heavy atom. The Hall–Kier alpha value is -3.94. The number of carbonyl (C=O) groups is 4. The number of nitro groups is 1. The number of non-ortho nitro benzene ring substituents is 1. The zero-order valence-electron chi connectivity index (χ0n) is 23.3. The minimum absolute atomic E-state index is 0.133. The average Bonchev–Trinajstić information content (AvgIpc) is 3.13. The number of benzene rings is 2. The number of halogens is 1. The van der Waals surface area contributed by atoms with Crippen LogP contribution in [-0.4, -0.2) is 71.0 Å². The maximum atomic E-state index is 13.9. The fourth-order valence-electron chi connectivity index (χ4n) is 5.59. The normalized spacial score (nSPS) is 22.8. The maximum Gasteiger partial charge on any atom is 0.333 e. The quantitative estimate of drug-likeness (QED) is 0.104. The van der Waals surface area contributed by atoms with Gasteiger partial charge < -0.3 is 14.2 Å². The van der Waals surface area contributed by atoms with Crippen LogP contribution < -0.4 is 0 Å². The molecule has 2 aliphatic heterocycles. The minimum Gasteiger partial charge on any atom is -0.597 e. The van der Waals surface area contributed by atoms with Crippen LogP contribution in [0.1, 0.15) is 44.9 Å². The van der Waals surface area contributed by atoms with Crippen molar-refractivity contribution in [1.29, 1.82) is 0 Å². The summed E-state index contributed by atoms with van der Waals surface area (Å²) in [7, 11) is 3.84. The number of ether oxygens (including phenoxy) is 1. The summed E-state index contributed by atoms with van der Waals surface area (Å²) in [5.74, 6) is -2.57. The van der Waals surface area contributed by atoms with Gasteiger partial charge in [-0.2, -0.15) is 0 Å². The van der Waals surface area contributed by atoms with Crippen LogP contribution >= 0.6 is 10.7 Å². The third-order valence-electron chi connectivity index (χ3n) is 7.38. The van der Waals surface area contributed by atoms with E-state index in [9.17, 15) is 33.8 Å². The number of β-lactam (4-membered cyclic amide) rings is 1. The van der Waals surface area contributed by atoms with Crippen LogP contribution in [0.25, 0.3) is 0 Å². The molecule has 2 aromatic rings. The van der Waals surface area contributed by atoms with E-state index in [-0.39, 0.29) is 17.9 Å². The van der Waals surface area contributed by atoms with E-state index in [4.69, 9.17) is 15.4 Å². The molecule has 0 aliphatic carbocycles. The van der Waals surface area contributed by atoms with Crippen molar-refractivity contribution >= 4 is 50.5 Å². The molecule has 3 amide bonds. The second kappa shape index (κ2) is 11.7. The van der Waals surface area contributed by atoms with Crippen LogP contribution in [0.15, 0.2) is 66.7 Å². The molecule has 0 radical (unpaired) electrons. The highest BCUT2D eigenvalue weighted by Gasteiger charge is 2.68. The van der Waals surface area contributed by atoms with Gasteiger partial charge in [-0.25, -0.2) is 4.79 Å². The molecule has 5 atom stereocenters. The fourth-order valence-corrected chi connectivity index (χ4v) is 6.98. The number of esters is 1. The number of nitro benzene ring substituents is 1. The first-order chi connectivity index (χ1) is 19.7. The third-order valence-corrected chi connectivity index (χ3v) is 8.79. The average molecular weight is 617 g/mol. The van der Waals surface area contributed by atoms with Crippen molar-refractivity contribution in [2.24, 2.45) is 0 Å². The molecule has 4 rings (SSSR count). The number of hydrogen-bond donors (Lipinski definition) is 0. The first-order valence-corrected chi connectivity index (χ1v) is 14.9. The molecule has 222 valence electrons. The van der Waals surface area contributed by atoms with Crippen LogP contribution in [0.5, 0.6) is 0 Å². The Balaban J connectivity index is 1.62. The van der Waals surface area contributed by atoms with E-state index in [0.29, 0.717) is 11.1 Å². The Kier molecular flexibility index (Phi) is 8.67. The van der Waals surface area contributed by atoms with Gasteiger partial charge in [0.05, 0.1) is 15.3 Å². The number of nitrogens with zero attached hydrogens (tertiary/aromatic N) is 4. The zero-order valence-corrected chi connectivity index (χ0v) is 24.8.